The molecule has 0 saturated carbocycles. The fourth-order valence-corrected chi connectivity index (χ4v) is 3.95. The van der Waals surface area contributed by atoms with Crippen LogP contribution in [0.5, 0.6) is 5.75 Å². The lowest BCUT2D eigenvalue weighted by Gasteiger charge is -2.23. The van der Waals surface area contributed by atoms with E-state index in [-0.39, 0.29) is 24.1 Å². The van der Waals surface area contributed by atoms with Crippen LogP contribution < -0.4 is 21.7 Å². The van der Waals surface area contributed by atoms with Gasteiger partial charge in [0.1, 0.15) is 17.8 Å². The number of nitrogens with two attached hydrogens (primary N) is 1. The van der Waals surface area contributed by atoms with Crippen molar-refractivity contribution in [3.63, 3.8) is 0 Å². The maximum atomic E-state index is 13.0. The van der Waals surface area contributed by atoms with Crippen LogP contribution in [0.1, 0.15) is 44.4 Å². The summed E-state index contributed by atoms with van der Waals surface area (Å²) in [4.78, 5) is 50.4. The molecule has 3 rings (SSSR count). The molecular formula is C27H34N4O6. The van der Waals surface area contributed by atoms with E-state index >= 15 is 0 Å². The Labute approximate surface area is 216 Å². The van der Waals surface area contributed by atoms with Crippen LogP contribution >= 0.6 is 0 Å². The van der Waals surface area contributed by atoms with E-state index in [0.717, 1.165) is 5.56 Å². The Hall–Kier alpha value is -3.92. The molecule has 0 aromatic heterocycles. The van der Waals surface area contributed by atoms with E-state index in [1.54, 1.807) is 12.1 Å². The van der Waals surface area contributed by atoms with Crippen molar-refractivity contribution in [3.8, 4) is 5.75 Å². The molecule has 0 bridgehead atoms. The summed E-state index contributed by atoms with van der Waals surface area (Å²) in [5.74, 6) is -2.17. The molecule has 10 heteroatoms. The van der Waals surface area contributed by atoms with Crippen LogP contribution in [-0.4, -0.2) is 53.0 Å². The Balaban J connectivity index is 1.58. The normalized spacial score (nSPS) is 18.8. The zero-order valence-electron chi connectivity index (χ0n) is 21.1. The van der Waals surface area contributed by atoms with E-state index in [4.69, 9.17) is 10.5 Å². The summed E-state index contributed by atoms with van der Waals surface area (Å²) in [5.41, 5.74) is 7.11. The average Bonchev–Trinajstić information content (AvgIpc) is 3.66. The molecule has 1 aliphatic heterocycles. The SMILES string of the molecule is CC(C)C[C@H](NC(=O)[C@H]1O[C@@H]1C(=O)N[C@H](C)c1ccccc1)C(=O)N[C@@H](Cc1ccc(O)cc1)C(N)=O. The highest BCUT2D eigenvalue weighted by molar-refractivity contribution is 5.97. The van der Waals surface area contributed by atoms with E-state index in [2.05, 4.69) is 16.0 Å². The van der Waals surface area contributed by atoms with Gasteiger partial charge >= 0.3 is 0 Å². The largest absolute Gasteiger partial charge is 0.508 e. The summed E-state index contributed by atoms with van der Waals surface area (Å²) in [5, 5.41) is 17.5. The molecule has 10 nitrogen and oxygen atoms in total. The van der Waals surface area contributed by atoms with Crippen molar-refractivity contribution >= 4 is 23.6 Å². The lowest BCUT2D eigenvalue weighted by atomic mass is 10.0. The number of amides is 4. The minimum atomic E-state index is -1.02. The van der Waals surface area contributed by atoms with Gasteiger partial charge in [-0.3, -0.25) is 19.2 Å². The summed E-state index contributed by atoms with van der Waals surface area (Å²) in [6, 6.07) is 13.4. The van der Waals surface area contributed by atoms with Crippen LogP contribution in [0.3, 0.4) is 0 Å². The topological polar surface area (TPSA) is 163 Å². The second-order valence-electron chi connectivity index (χ2n) is 9.64. The first-order valence-electron chi connectivity index (χ1n) is 12.2. The first-order valence-corrected chi connectivity index (χ1v) is 12.2. The number of ether oxygens (including phenoxy) is 1. The molecule has 0 unspecified atom stereocenters. The molecule has 4 amide bonds. The standard InChI is InChI=1S/C27H34N4O6/c1-15(2)13-21(25(34)30-20(24(28)33)14-17-9-11-19(32)12-10-17)31-27(36)23-22(37-23)26(35)29-16(3)18-7-5-4-6-8-18/h4-12,15-16,20-23,32H,13-14H2,1-3H3,(H2,28,33)(H,29,35)(H,30,34)(H,31,36)/t16-,20+,21+,22+,23+/m1/s1. The Morgan fingerprint density at radius 1 is 0.865 bits per heavy atom. The Morgan fingerprint density at radius 2 is 1.46 bits per heavy atom. The number of aromatic hydroxyl groups is 1. The van der Waals surface area contributed by atoms with Gasteiger partial charge in [0.25, 0.3) is 11.8 Å². The molecule has 6 N–H and O–H groups in total. The number of primary amides is 1. The van der Waals surface area contributed by atoms with Gasteiger partial charge < -0.3 is 31.5 Å². The Morgan fingerprint density at radius 3 is 2.03 bits per heavy atom. The van der Waals surface area contributed by atoms with Crippen molar-refractivity contribution in [2.24, 2.45) is 11.7 Å². The summed E-state index contributed by atoms with van der Waals surface area (Å²) >= 11 is 0. The zero-order chi connectivity index (χ0) is 27.1. The van der Waals surface area contributed by atoms with Gasteiger partial charge in [0.05, 0.1) is 6.04 Å². The fraction of sp³-hybridized carbons (Fsp3) is 0.407. The molecule has 0 radical (unpaired) electrons. The van der Waals surface area contributed by atoms with Crippen LogP contribution in [0.25, 0.3) is 0 Å². The molecule has 0 aliphatic carbocycles. The second-order valence-corrected chi connectivity index (χ2v) is 9.64. The van der Waals surface area contributed by atoms with Crippen molar-refractivity contribution in [2.75, 3.05) is 0 Å². The highest BCUT2D eigenvalue weighted by atomic mass is 16.6. The van der Waals surface area contributed by atoms with Gasteiger partial charge in [-0.15, -0.1) is 0 Å². The molecule has 1 fully saturated rings. The quantitative estimate of drug-likeness (QED) is 0.268. The monoisotopic (exact) mass is 510 g/mol. The van der Waals surface area contributed by atoms with Crippen molar-refractivity contribution in [2.45, 2.75) is 63.9 Å². The van der Waals surface area contributed by atoms with Crippen LogP contribution in [0.2, 0.25) is 0 Å². The number of hydrogen-bond donors (Lipinski definition) is 5. The molecule has 198 valence electrons. The third kappa shape index (κ3) is 8.04. The van der Waals surface area contributed by atoms with Crippen molar-refractivity contribution in [1.29, 1.82) is 0 Å². The van der Waals surface area contributed by atoms with Gasteiger partial charge in [-0.25, -0.2) is 0 Å². The summed E-state index contributed by atoms with van der Waals surface area (Å²) in [7, 11) is 0. The van der Waals surface area contributed by atoms with Crippen LogP contribution in [0, 0.1) is 5.92 Å². The lowest BCUT2D eigenvalue weighted by Crippen LogP contribution is -2.54. The molecule has 1 aliphatic rings. The molecule has 0 spiro atoms. The zero-order valence-corrected chi connectivity index (χ0v) is 21.1. The molecule has 37 heavy (non-hydrogen) atoms. The minimum Gasteiger partial charge on any atom is -0.508 e. The second kappa shape index (κ2) is 12.4. The number of epoxide rings is 1. The maximum Gasteiger partial charge on any atom is 0.253 e. The van der Waals surface area contributed by atoms with Crippen molar-refractivity contribution in [3.05, 3.63) is 65.7 Å². The van der Waals surface area contributed by atoms with Gasteiger partial charge in [-0.1, -0.05) is 56.3 Å². The van der Waals surface area contributed by atoms with Crippen molar-refractivity contribution in [1.82, 2.24) is 16.0 Å². The van der Waals surface area contributed by atoms with Crippen LogP contribution in [-0.2, 0) is 30.3 Å². The first kappa shape index (κ1) is 27.7. The van der Waals surface area contributed by atoms with Crippen molar-refractivity contribution < 1.29 is 29.0 Å². The van der Waals surface area contributed by atoms with Gasteiger partial charge in [0, 0.05) is 6.42 Å². The summed E-state index contributed by atoms with van der Waals surface area (Å²) in [6.45, 7) is 5.62. The molecule has 1 saturated heterocycles. The van der Waals surface area contributed by atoms with Gasteiger partial charge in [0.15, 0.2) is 12.2 Å². The molecule has 2 aromatic carbocycles. The third-order valence-corrected chi connectivity index (χ3v) is 6.04. The smallest absolute Gasteiger partial charge is 0.253 e. The Bertz CT molecular complexity index is 1110. The van der Waals surface area contributed by atoms with Gasteiger partial charge in [-0.2, -0.15) is 0 Å². The first-order chi connectivity index (χ1) is 17.5. The number of carbonyl (C=O) groups is 4. The van der Waals surface area contributed by atoms with Gasteiger partial charge in [0.2, 0.25) is 11.8 Å². The predicted molar refractivity (Wildman–Crippen MR) is 136 cm³/mol. The number of rotatable bonds is 12. The van der Waals surface area contributed by atoms with E-state index in [0.29, 0.717) is 12.0 Å². The minimum absolute atomic E-state index is 0.0473. The fourth-order valence-electron chi connectivity index (χ4n) is 3.95. The van der Waals surface area contributed by atoms with E-state index in [1.165, 1.54) is 12.1 Å². The average molecular weight is 511 g/mol. The Kier molecular flexibility index (Phi) is 9.24. The number of phenols is 1. The van der Waals surface area contributed by atoms with E-state index in [9.17, 15) is 24.3 Å². The number of phenolic OH excluding ortho intramolecular Hbond substituents is 1. The highest BCUT2D eigenvalue weighted by Crippen LogP contribution is 2.24. The molecular weight excluding hydrogens is 476 g/mol. The van der Waals surface area contributed by atoms with E-state index in [1.807, 2.05) is 51.1 Å². The molecule has 5 atom stereocenters. The van der Waals surface area contributed by atoms with Crippen LogP contribution in [0.15, 0.2) is 54.6 Å². The lowest BCUT2D eigenvalue weighted by molar-refractivity contribution is -0.132. The number of hydrogen-bond acceptors (Lipinski definition) is 6. The number of carbonyl (C=O) groups excluding carboxylic acids is 4. The highest BCUT2D eigenvalue weighted by Gasteiger charge is 2.51. The van der Waals surface area contributed by atoms with Gasteiger partial charge in [-0.05, 0) is 42.5 Å². The van der Waals surface area contributed by atoms with E-state index < -0.39 is 47.9 Å². The molecule has 1 heterocycles. The molecule has 2 aromatic rings. The van der Waals surface area contributed by atoms with Crippen LogP contribution in [0.4, 0.5) is 0 Å². The summed E-state index contributed by atoms with van der Waals surface area (Å²) in [6.07, 6.45) is -1.52. The summed E-state index contributed by atoms with van der Waals surface area (Å²) < 4.78 is 5.32. The maximum absolute atomic E-state index is 13.0. The third-order valence-electron chi connectivity index (χ3n) is 6.04. The number of benzene rings is 2. The predicted octanol–water partition coefficient (Wildman–Crippen LogP) is 1.08. The number of nitrogens with one attached hydrogen (secondary N) is 3.